The normalized spacial score (nSPS) is 14.3. The van der Waals surface area contributed by atoms with Crippen LogP contribution in [-0.2, 0) is 4.79 Å². The maximum Gasteiger partial charge on any atom is 0.329 e. The Morgan fingerprint density at radius 2 is 2.00 bits per heavy atom. The van der Waals surface area contributed by atoms with Crippen molar-refractivity contribution in [3.63, 3.8) is 0 Å². The van der Waals surface area contributed by atoms with Gasteiger partial charge >= 0.3 is 5.97 Å². The molecule has 5 heteroatoms. The average molecular weight is 179 g/mol. The van der Waals surface area contributed by atoms with Gasteiger partial charge in [-0.2, -0.15) is 0 Å². The highest BCUT2D eigenvalue weighted by Gasteiger charge is 2.26. The Hall–Kier alpha value is -0.290. The zero-order chi connectivity index (χ0) is 7.72. The van der Waals surface area contributed by atoms with Crippen LogP contribution in [0.4, 0.5) is 0 Å². The first kappa shape index (κ1) is 7.81. The van der Waals surface area contributed by atoms with Crippen molar-refractivity contribution in [2.45, 2.75) is 19.9 Å². The lowest BCUT2D eigenvalue weighted by Gasteiger charge is -2.10. The Kier molecular flexibility index (Phi) is 2.15. The Labute approximate surface area is 66.6 Å². The zero-order valence-electron chi connectivity index (χ0n) is 5.77. The molecule has 0 saturated heterocycles. The number of hydrogen-bond donors (Lipinski definition) is 1. The molecular weight excluding hydrogens is 170 g/mol. The number of nitrogens with zero attached hydrogens (tertiary/aromatic N) is 1. The second-order valence-electron chi connectivity index (χ2n) is 2.46. The van der Waals surface area contributed by atoms with E-state index in [-0.39, 0.29) is 12.0 Å². The van der Waals surface area contributed by atoms with Gasteiger partial charge in [0, 0.05) is 21.1 Å². The molecule has 0 amide bonds. The molecule has 0 bridgehead atoms. The standard InChI is InChI=1S/C5H9NO2S2/c1-3(2)4(5(7)8)6-9-10-6/h3-4H,1-2H3,(H,7,8). The number of aliphatic carboxylic acids is 1. The van der Waals surface area contributed by atoms with E-state index in [4.69, 9.17) is 5.11 Å². The first-order valence-corrected chi connectivity index (χ1v) is 5.06. The summed E-state index contributed by atoms with van der Waals surface area (Å²) in [7, 11) is 3.00. The van der Waals surface area contributed by atoms with E-state index in [1.165, 1.54) is 21.1 Å². The number of rotatable bonds is 3. The SMILES string of the molecule is CC(C)C(C(=O)O)n1ss1. The summed E-state index contributed by atoms with van der Waals surface area (Å²) in [6.45, 7) is 3.83. The molecule has 1 atom stereocenters. The van der Waals surface area contributed by atoms with Gasteiger partial charge in [-0.25, -0.2) is 8.14 Å². The van der Waals surface area contributed by atoms with E-state index < -0.39 is 5.97 Å². The number of carboxylic acid groups (broad SMARTS) is 1. The molecule has 1 aromatic heterocycles. The van der Waals surface area contributed by atoms with E-state index in [0.29, 0.717) is 0 Å². The lowest BCUT2D eigenvalue weighted by atomic mass is 10.1. The lowest BCUT2D eigenvalue weighted by Crippen LogP contribution is -2.18. The molecule has 10 heavy (non-hydrogen) atoms. The van der Waals surface area contributed by atoms with Crippen LogP contribution in [0.1, 0.15) is 19.9 Å². The number of carbonyl (C=O) groups is 1. The van der Waals surface area contributed by atoms with Crippen LogP contribution in [0.25, 0.3) is 0 Å². The largest absolute Gasteiger partial charge is 0.480 e. The molecule has 0 fully saturated rings. The third-order valence-electron chi connectivity index (χ3n) is 1.27. The van der Waals surface area contributed by atoms with Crippen molar-refractivity contribution in [1.82, 2.24) is 3.35 Å². The maximum absolute atomic E-state index is 10.6. The van der Waals surface area contributed by atoms with E-state index in [9.17, 15) is 4.79 Å². The molecule has 1 heterocycles. The summed E-state index contributed by atoms with van der Waals surface area (Å²) in [6.07, 6.45) is 0. The average Bonchev–Trinajstić information content (AvgIpc) is 2.46. The van der Waals surface area contributed by atoms with Crippen molar-refractivity contribution in [3.05, 3.63) is 0 Å². The Bertz CT molecular complexity index is 202. The predicted octanol–water partition coefficient (Wildman–Crippen LogP) is 1.89. The molecule has 0 spiro atoms. The number of carboxylic acids is 1. The quantitative estimate of drug-likeness (QED) is 0.720. The molecule has 0 aliphatic rings. The Morgan fingerprint density at radius 1 is 1.50 bits per heavy atom. The van der Waals surface area contributed by atoms with Gasteiger partial charge in [0.05, 0.1) is 0 Å². The van der Waals surface area contributed by atoms with Crippen LogP contribution in [0, 0.1) is 5.92 Å². The number of hydrogen-bond acceptors (Lipinski definition) is 3. The van der Waals surface area contributed by atoms with Gasteiger partial charge in [-0.1, -0.05) is 13.8 Å². The number of aromatic nitrogens is 1. The van der Waals surface area contributed by atoms with E-state index in [2.05, 4.69) is 0 Å². The van der Waals surface area contributed by atoms with Crippen LogP contribution >= 0.6 is 21.1 Å². The van der Waals surface area contributed by atoms with Crippen molar-refractivity contribution >= 4 is 27.0 Å². The minimum Gasteiger partial charge on any atom is -0.480 e. The monoisotopic (exact) mass is 179 g/mol. The third-order valence-corrected chi connectivity index (χ3v) is 3.01. The summed E-state index contributed by atoms with van der Waals surface area (Å²) in [5.74, 6) is -0.549. The predicted molar refractivity (Wildman–Crippen MR) is 41.7 cm³/mol. The first-order valence-electron chi connectivity index (χ1n) is 2.99. The molecule has 1 unspecified atom stereocenters. The molecular formula is C5H9NO2S2. The van der Waals surface area contributed by atoms with Gasteiger partial charge in [0.15, 0.2) is 6.04 Å². The summed E-state index contributed by atoms with van der Waals surface area (Å²) >= 11 is 0. The summed E-state index contributed by atoms with van der Waals surface area (Å²) in [6, 6.07) is -0.324. The molecule has 0 radical (unpaired) electrons. The van der Waals surface area contributed by atoms with Gasteiger partial charge in [-0.05, 0) is 5.92 Å². The summed E-state index contributed by atoms with van der Waals surface area (Å²) in [4.78, 5) is 10.6. The molecule has 0 aliphatic carbocycles. The van der Waals surface area contributed by atoms with Gasteiger partial charge in [-0.3, -0.25) is 0 Å². The van der Waals surface area contributed by atoms with Crippen molar-refractivity contribution in [1.29, 1.82) is 0 Å². The van der Waals surface area contributed by atoms with Crippen molar-refractivity contribution in [3.8, 4) is 0 Å². The van der Waals surface area contributed by atoms with Gasteiger partial charge < -0.3 is 5.11 Å². The van der Waals surface area contributed by atoms with Crippen LogP contribution in [0.2, 0.25) is 0 Å². The highest BCUT2D eigenvalue weighted by Crippen LogP contribution is 2.30. The molecule has 0 aromatic carbocycles. The molecule has 3 nitrogen and oxygen atoms in total. The minimum atomic E-state index is -0.729. The Balaban J connectivity index is 2.63. The van der Waals surface area contributed by atoms with Crippen LogP contribution in [-0.4, -0.2) is 14.4 Å². The molecule has 58 valence electrons. The maximum atomic E-state index is 10.6. The van der Waals surface area contributed by atoms with Crippen molar-refractivity contribution in [2.24, 2.45) is 5.92 Å². The van der Waals surface area contributed by atoms with Gasteiger partial charge in [-0.15, -0.1) is 0 Å². The topological polar surface area (TPSA) is 42.2 Å². The van der Waals surface area contributed by atoms with Crippen LogP contribution < -0.4 is 0 Å². The fraction of sp³-hybridized carbons (Fsp3) is 0.800. The highest BCUT2D eigenvalue weighted by molar-refractivity contribution is 7.76. The van der Waals surface area contributed by atoms with Crippen LogP contribution in [0.3, 0.4) is 0 Å². The van der Waals surface area contributed by atoms with Gasteiger partial charge in [0.25, 0.3) is 0 Å². The van der Waals surface area contributed by atoms with E-state index in [1.807, 2.05) is 13.8 Å². The van der Waals surface area contributed by atoms with Crippen LogP contribution in [0.15, 0.2) is 0 Å². The van der Waals surface area contributed by atoms with E-state index >= 15 is 0 Å². The molecule has 0 saturated carbocycles. The van der Waals surface area contributed by atoms with Crippen molar-refractivity contribution < 1.29 is 9.90 Å². The van der Waals surface area contributed by atoms with Crippen LogP contribution in [0.5, 0.6) is 0 Å². The molecule has 0 aliphatic heterocycles. The second-order valence-corrected chi connectivity index (χ2v) is 4.67. The lowest BCUT2D eigenvalue weighted by molar-refractivity contribution is -0.141. The third kappa shape index (κ3) is 1.60. The summed E-state index contributed by atoms with van der Waals surface area (Å²) < 4.78 is 1.80. The highest BCUT2D eigenvalue weighted by atomic mass is 33.0. The first-order chi connectivity index (χ1) is 4.63. The fourth-order valence-electron chi connectivity index (χ4n) is 0.731. The van der Waals surface area contributed by atoms with Gasteiger partial charge in [0.1, 0.15) is 0 Å². The Morgan fingerprint density at radius 3 is 2.10 bits per heavy atom. The van der Waals surface area contributed by atoms with E-state index in [0.717, 1.165) is 0 Å². The molecule has 1 N–H and O–H groups in total. The smallest absolute Gasteiger partial charge is 0.329 e. The summed E-state index contributed by atoms with van der Waals surface area (Å²) in [5.41, 5.74) is 0. The van der Waals surface area contributed by atoms with Gasteiger partial charge in [0.2, 0.25) is 0 Å². The zero-order valence-corrected chi connectivity index (χ0v) is 7.41. The second kappa shape index (κ2) is 2.75. The molecule has 1 aromatic rings. The molecule has 1 rings (SSSR count). The summed E-state index contributed by atoms with van der Waals surface area (Å²) in [5, 5.41) is 8.69. The van der Waals surface area contributed by atoms with Crippen molar-refractivity contribution in [2.75, 3.05) is 0 Å². The van der Waals surface area contributed by atoms with E-state index in [1.54, 1.807) is 3.35 Å². The minimum absolute atomic E-state index is 0.181. The fourth-order valence-corrected chi connectivity index (χ4v) is 2.29.